The van der Waals surface area contributed by atoms with Gasteiger partial charge in [0.25, 0.3) is 5.91 Å². The van der Waals surface area contributed by atoms with E-state index in [1.54, 1.807) is 6.07 Å². The maximum absolute atomic E-state index is 15.2. The van der Waals surface area contributed by atoms with E-state index in [2.05, 4.69) is 59.1 Å². The van der Waals surface area contributed by atoms with Crippen molar-refractivity contribution in [1.82, 2.24) is 15.5 Å². The van der Waals surface area contributed by atoms with Crippen LogP contribution in [0.5, 0.6) is 5.75 Å². The minimum Gasteiger partial charge on any atom is -0.489 e. The summed E-state index contributed by atoms with van der Waals surface area (Å²) in [6.45, 7) is 18.1. The first-order chi connectivity index (χ1) is 28.0. The number of anilines is 2. The summed E-state index contributed by atoms with van der Waals surface area (Å²) >= 11 is 0. The predicted octanol–water partition coefficient (Wildman–Crippen LogP) is 5.58. The van der Waals surface area contributed by atoms with Crippen molar-refractivity contribution in [3.63, 3.8) is 0 Å². The van der Waals surface area contributed by atoms with Crippen molar-refractivity contribution in [3.8, 4) is 11.8 Å². The van der Waals surface area contributed by atoms with Crippen LogP contribution in [0, 0.1) is 47.7 Å². The molecule has 3 amide bonds. The molecule has 3 aromatic carbocycles. The number of piperazine rings is 1. The first-order valence-electron chi connectivity index (χ1n) is 20.6. The molecule has 0 unspecified atom stereocenters. The zero-order valence-corrected chi connectivity index (χ0v) is 34.9. The highest BCUT2D eigenvalue weighted by Gasteiger charge is 2.64. The lowest BCUT2D eigenvalue weighted by Crippen LogP contribution is -2.74. The number of ether oxygens (including phenoxy) is 2. The summed E-state index contributed by atoms with van der Waals surface area (Å²) in [7, 11) is 0. The molecule has 4 aliphatic rings. The third-order valence-electron chi connectivity index (χ3n) is 12.9. The van der Waals surface area contributed by atoms with Crippen LogP contribution in [-0.4, -0.2) is 99.1 Å². The summed E-state index contributed by atoms with van der Waals surface area (Å²) in [5.41, 5.74) is 4.07. The number of carbonyl (C=O) groups is 4. The average molecular weight is 807 g/mol. The molecule has 0 aromatic heterocycles. The maximum atomic E-state index is 15.2. The fourth-order valence-corrected chi connectivity index (χ4v) is 9.88. The summed E-state index contributed by atoms with van der Waals surface area (Å²) < 4.78 is 27.9. The first-order valence-corrected chi connectivity index (χ1v) is 20.6. The largest absolute Gasteiger partial charge is 0.489 e. The Morgan fingerprint density at radius 2 is 1.59 bits per heavy atom. The number of Topliss-reactive ketones (excluding diaryl/α,β-unsaturated/α-hetero) is 1. The molecular weight excluding hydrogens is 752 g/mol. The Morgan fingerprint density at radius 1 is 0.932 bits per heavy atom. The van der Waals surface area contributed by atoms with Gasteiger partial charge in [-0.1, -0.05) is 27.7 Å². The summed E-state index contributed by atoms with van der Waals surface area (Å²) in [6.07, 6.45) is 0.196. The molecule has 1 saturated carbocycles. The number of aryl methyl sites for hydroxylation is 2. The zero-order chi connectivity index (χ0) is 42.2. The number of nitrogens with zero attached hydrogens (tertiary/aromatic N) is 4. The van der Waals surface area contributed by atoms with Gasteiger partial charge in [-0.05, 0) is 86.0 Å². The van der Waals surface area contributed by atoms with Gasteiger partial charge in [0.15, 0.2) is 5.78 Å². The van der Waals surface area contributed by atoms with E-state index < -0.39 is 23.4 Å². The molecule has 3 saturated heterocycles. The van der Waals surface area contributed by atoms with Gasteiger partial charge in [-0.3, -0.25) is 29.4 Å². The highest BCUT2D eigenvalue weighted by Crippen LogP contribution is 2.55. The smallest absolute Gasteiger partial charge is 0.251 e. The molecule has 1 aliphatic carbocycles. The molecule has 7 rings (SSSR count). The molecule has 0 bridgehead atoms. The highest BCUT2D eigenvalue weighted by molar-refractivity contribution is 6.03. The van der Waals surface area contributed by atoms with E-state index in [9.17, 15) is 24.4 Å². The third-order valence-corrected chi connectivity index (χ3v) is 12.9. The summed E-state index contributed by atoms with van der Waals surface area (Å²) in [5, 5.41) is 15.0. The number of hydrogen-bond acceptors (Lipinski definition) is 10. The van der Waals surface area contributed by atoms with Gasteiger partial charge in [0.2, 0.25) is 11.8 Å². The standard InChI is InChI=1S/C46H55FN6O6/c1-28-21-34(22-29(2)37(28)25-48)59-44-45(3,4)43(46(44,5)6)50-41(56)30-7-10-32(11-8-30)53-19-20-58-35(27-53)26-51-15-17-52(18-16-51)33-12-13-36(38(47)24-33)39(54)23-31-9-14-40(55)49-42(31)57/h7-8,10-13,21-22,24,31,35,43-44H,9,14-20,23,26-27H2,1-6H3,(H,50,56)(H,49,55,57)/t31-,35+,43?,44?/m0/s1. The van der Waals surface area contributed by atoms with Crippen molar-refractivity contribution >= 4 is 34.9 Å². The number of amides is 3. The number of rotatable bonds is 11. The third kappa shape index (κ3) is 8.70. The van der Waals surface area contributed by atoms with Crippen LogP contribution in [-0.2, 0) is 14.3 Å². The fraction of sp³-hybridized carbons (Fsp3) is 0.500. The molecule has 0 spiro atoms. The van der Waals surface area contributed by atoms with Gasteiger partial charge < -0.3 is 24.6 Å². The monoisotopic (exact) mass is 806 g/mol. The van der Waals surface area contributed by atoms with Crippen LogP contribution in [0.15, 0.2) is 54.6 Å². The Kier molecular flexibility index (Phi) is 11.9. The van der Waals surface area contributed by atoms with Crippen molar-refractivity contribution in [2.45, 2.75) is 79.1 Å². The Labute approximate surface area is 346 Å². The normalized spacial score (nSPS) is 24.1. The van der Waals surface area contributed by atoms with Gasteiger partial charge in [0, 0.05) is 98.4 Å². The number of ketones is 1. The van der Waals surface area contributed by atoms with E-state index >= 15 is 4.39 Å². The SMILES string of the molecule is Cc1cc(OC2C(C)(C)C(NC(=O)c3ccc(N4CCO[C@H](CN5CCN(c6ccc(C(=O)C[C@@H]7CCC(=O)NC7=O)c(F)c6)CC5)C4)cc3)C2(C)C)cc(C)c1C#N. The quantitative estimate of drug-likeness (QED) is 0.186. The van der Waals surface area contributed by atoms with Gasteiger partial charge in [-0.25, -0.2) is 4.39 Å². The van der Waals surface area contributed by atoms with Crippen molar-refractivity contribution in [1.29, 1.82) is 5.26 Å². The van der Waals surface area contributed by atoms with Gasteiger partial charge in [0.05, 0.1) is 29.9 Å². The number of benzene rings is 3. The second-order valence-electron chi connectivity index (χ2n) is 17.8. The lowest BCUT2D eigenvalue weighted by molar-refractivity contribution is -0.164. The maximum Gasteiger partial charge on any atom is 0.251 e. The molecule has 12 nitrogen and oxygen atoms in total. The fourth-order valence-electron chi connectivity index (χ4n) is 9.88. The summed E-state index contributed by atoms with van der Waals surface area (Å²) in [6, 6.07) is 18.4. The predicted molar refractivity (Wildman–Crippen MR) is 222 cm³/mol. The van der Waals surface area contributed by atoms with Crippen molar-refractivity contribution < 1.29 is 33.0 Å². The van der Waals surface area contributed by atoms with Crippen LogP contribution in [0.25, 0.3) is 0 Å². The second-order valence-corrected chi connectivity index (χ2v) is 17.8. The van der Waals surface area contributed by atoms with E-state index in [-0.39, 0.29) is 65.7 Å². The van der Waals surface area contributed by atoms with Crippen molar-refractivity contribution in [3.05, 3.63) is 88.2 Å². The lowest BCUT2D eigenvalue weighted by Gasteiger charge is -2.63. The van der Waals surface area contributed by atoms with Gasteiger partial charge >= 0.3 is 0 Å². The number of carbonyl (C=O) groups excluding carboxylic acids is 4. The molecule has 3 aliphatic heterocycles. The molecule has 2 N–H and O–H groups in total. The number of hydrogen-bond donors (Lipinski definition) is 2. The Hall–Kier alpha value is -5.32. The molecule has 4 fully saturated rings. The van der Waals surface area contributed by atoms with E-state index in [0.29, 0.717) is 36.5 Å². The Morgan fingerprint density at radius 3 is 2.22 bits per heavy atom. The number of morpholine rings is 1. The molecular formula is C46H55FN6O6. The lowest BCUT2D eigenvalue weighted by atomic mass is 9.49. The van der Waals surface area contributed by atoms with Crippen LogP contribution < -0.4 is 25.2 Å². The Bertz CT molecular complexity index is 2120. The van der Waals surface area contributed by atoms with Gasteiger partial charge in [-0.15, -0.1) is 0 Å². The number of halogens is 1. The van der Waals surface area contributed by atoms with Crippen molar-refractivity contribution in [2.24, 2.45) is 16.7 Å². The molecule has 3 aromatic rings. The molecule has 13 heteroatoms. The first kappa shape index (κ1) is 41.8. The molecule has 3 heterocycles. The summed E-state index contributed by atoms with van der Waals surface area (Å²) in [5.74, 6) is -1.89. The average Bonchev–Trinajstić information content (AvgIpc) is 3.20. The van der Waals surface area contributed by atoms with Crippen LogP contribution in [0.2, 0.25) is 0 Å². The number of nitriles is 1. The van der Waals surface area contributed by atoms with Gasteiger partial charge in [-0.2, -0.15) is 5.26 Å². The molecule has 59 heavy (non-hydrogen) atoms. The van der Waals surface area contributed by atoms with Crippen LogP contribution in [0.1, 0.15) is 84.4 Å². The van der Waals surface area contributed by atoms with E-state index in [4.69, 9.17) is 9.47 Å². The number of imide groups is 1. The topological polar surface area (TPSA) is 144 Å². The van der Waals surface area contributed by atoms with Crippen LogP contribution in [0.4, 0.5) is 15.8 Å². The number of nitrogens with one attached hydrogen (secondary N) is 2. The second kappa shape index (κ2) is 16.7. The summed E-state index contributed by atoms with van der Waals surface area (Å²) in [4.78, 5) is 56.7. The highest BCUT2D eigenvalue weighted by atomic mass is 19.1. The van der Waals surface area contributed by atoms with E-state index in [1.807, 2.05) is 50.2 Å². The zero-order valence-electron chi connectivity index (χ0n) is 34.9. The molecule has 2 atom stereocenters. The minimum atomic E-state index is -0.627. The van der Waals surface area contributed by atoms with E-state index in [0.717, 1.165) is 55.3 Å². The van der Waals surface area contributed by atoms with E-state index in [1.165, 1.54) is 12.1 Å². The van der Waals surface area contributed by atoms with Gasteiger partial charge in [0.1, 0.15) is 17.7 Å². The number of piperidine rings is 1. The van der Waals surface area contributed by atoms with Crippen LogP contribution >= 0.6 is 0 Å². The molecule has 312 valence electrons. The Balaban J connectivity index is 0.879. The molecule has 0 radical (unpaired) electrons. The van der Waals surface area contributed by atoms with Crippen LogP contribution in [0.3, 0.4) is 0 Å². The minimum absolute atomic E-state index is 0.000683. The van der Waals surface area contributed by atoms with Crippen molar-refractivity contribution in [2.75, 3.05) is 62.2 Å².